The van der Waals surface area contributed by atoms with Crippen molar-refractivity contribution in [3.63, 3.8) is 0 Å². The number of carbonyl (C=O) groups excluding carboxylic acids is 1. The van der Waals surface area contributed by atoms with Gasteiger partial charge in [-0.1, -0.05) is 30.3 Å². The number of rotatable bonds is 6. The van der Waals surface area contributed by atoms with E-state index in [0.717, 1.165) is 17.1 Å². The Bertz CT molecular complexity index is 768. The zero-order chi connectivity index (χ0) is 19.9. The standard InChI is InChI=1S/C20H29N5O2.HI/c1-6-21-19(23-13-18(26)27-20(2,3)4)25(5)14-17-22-12-16(24-17)15-10-8-7-9-11-15;/h7-12H,6,13-14H2,1-5H3,(H,21,23)(H,22,24);1H. The van der Waals surface area contributed by atoms with E-state index in [2.05, 4.69) is 20.3 Å². The van der Waals surface area contributed by atoms with Crippen LogP contribution < -0.4 is 5.32 Å². The summed E-state index contributed by atoms with van der Waals surface area (Å²) < 4.78 is 5.31. The van der Waals surface area contributed by atoms with Crippen LogP contribution in [0, 0.1) is 0 Å². The van der Waals surface area contributed by atoms with Gasteiger partial charge in [-0.25, -0.2) is 9.98 Å². The van der Waals surface area contributed by atoms with E-state index in [9.17, 15) is 4.79 Å². The second kappa shape index (κ2) is 11.0. The van der Waals surface area contributed by atoms with Gasteiger partial charge in [0.05, 0.1) is 18.4 Å². The number of ether oxygens (including phenoxy) is 1. The van der Waals surface area contributed by atoms with E-state index in [0.29, 0.717) is 19.0 Å². The van der Waals surface area contributed by atoms with Crippen LogP contribution in [0.25, 0.3) is 11.3 Å². The topological polar surface area (TPSA) is 82.6 Å². The molecule has 0 aliphatic carbocycles. The lowest BCUT2D eigenvalue weighted by atomic mass is 10.2. The molecule has 0 aliphatic rings. The Morgan fingerprint density at radius 2 is 1.96 bits per heavy atom. The van der Waals surface area contributed by atoms with Crippen molar-refractivity contribution in [3.8, 4) is 11.3 Å². The number of hydrogen-bond donors (Lipinski definition) is 2. The molecule has 2 rings (SSSR count). The maximum absolute atomic E-state index is 11.9. The molecule has 0 atom stereocenters. The van der Waals surface area contributed by atoms with Crippen molar-refractivity contribution >= 4 is 35.9 Å². The molecule has 0 amide bonds. The molecule has 0 fully saturated rings. The van der Waals surface area contributed by atoms with Gasteiger partial charge in [0.25, 0.3) is 0 Å². The lowest BCUT2D eigenvalue weighted by molar-refractivity contribution is -0.152. The zero-order valence-electron chi connectivity index (χ0n) is 17.2. The number of carbonyl (C=O) groups is 1. The molecule has 1 aromatic carbocycles. The number of aromatic nitrogens is 2. The number of aromatic amines is 1. The Hall–Kier alpha value is -2.10. The zero-order valence-corrected chi connectivity index (χ0v) is 19.5. The molecule has 1 heterocycles. The van der Waals surface area contributed by atoms with E-state index >= 15 is 0 Å². The van der Waals surface area contributed by atoms with Crippen molar-refractivity contribution < 1.29 is 9.53 Å². The van der Waals surface area contributed by atoms with Gasteiger partial charge in [0.1, 0.15) is 18.0 Å². The largest absolute Gasteiger partial charge is 0.459 e. The number of benzene rings is 1. The molecule has 0 saturated carbocycles. The van der Waals surface area contributed by atoms with Gasteiger partial charge in [-0.3, -0.25) is 4.79 Å². The molecule has 0 unspecified atom stereocenters. The number of esters is 1. The van der Waals surface area contributed by atoms with Gasteiger partial charge in [-0.05, 0) is 33.3 Å². The Morgan fingerprint density at radius 1 is 1.29 bits per heavy atom. The van der Waals surface area contributed by atoms with Gasteiger partial charge < -0.3 is 19.9 Å². The van der Waals surface area contributed by atoms with E-state index in [-0.39, 0.29) is 36.5 Å². The minimum absolute atomic E-state index is 0. The number of guanidine groups is 1. The molecule has 0 aliphatic heterocycles. The molecule has 0 radical (unpaired) electrons. The predicted molar refractivity (Wildman–Crippen MR) is 123 cm³/mol. The number of H-pyrrole nitrogens is 1. The van der Waals surface area contributed by atoms with Crippen LogP contribution >= 0.6 is 24.0 Å². The van der Waals surface area contributed by atoms with Gasteiger partial charge >= 0.3 is 5.97 Å². The van der Waals surface area contributed by atoms with Crippen LogP contribution in [0.5, 0.6) is 0 Å². The Morgan fingerprint density at radius 3 is 2.57 bits per heavy atom. The van der Waals surface area contributed by atoms with Crippen molar-refractivity contribution in [2.45, 2.75) is 39.8 Å². The second-order valence-electron chi connectivity index (χ2n) is 7.22. The van der Waals surface area contributed by atoms with Gasteiger partial charge in [0.15, 0.2) is 5.96 Å². The lowest BCUT2D eigenvalue weighted by Crippen LogP contribution is -2.39. The fraction of sp³-hybridized carbons (Fsp3) is 0.450. The molecule has 154 valence electrons. The first-order valence-corrected chi connectivity index (χ1v) is 9.09. The third-order valence-corrected chi connectivity index (χ3v) is 3.57. The first kappa shape index (κ1) is 23.9. The third-order valence-electron chi connectivity index (χ3n) is 3.57. The lowest BCUT2D eigenvalue weighted by Gasteiger charge is -2.22. The monoisotopic (exact) mass is 499 g/mol. The molecule has 8 heteroatoms. The summed E-state index contributed by atoms with van der Waals surface area (Å²) >= 11 is 0. The summed E-state index contributed by atoms with van der Waals surface area (Å²) in [6, 6.07) is 10.0. The highest BCUT2D eigenvalue weighted by Gasteiger charge is 2.16. The van der Waals surface area contributed by atoms with Crippen LogP contribution in [-0.4, -0.2) is 52.5 Å². The van der Waals surface area contributed by atoms with E-state index < -0.39 is 5.60 Å². The SMILES string of the molecule is CCNC(=NCC(=O)OC(C)(C)C)N(C)Cc1ncc(-c2ccccc2)[nH]1.I. The number of aliphatic imine (C=N–C) groups is 1. The highest BCUT2D eigenvalue weighted by molar-refractivity contribution is 14.0. The van der Waals surface area contributed by atoms with Crippen molar-refractivity contribution in [2.75, 3.05) is 20.1 Å². The first-order valence-electron chi connectivity index (χ1n) is 9.09. The third kappa shape index (κ3) is 7.87. The Kier molecular flexibility index (Phi) is 9.44. The summed E-state index contributed by atoms with van der Waals surface area (Å²) in [5.74, 6) is 1.09. The predicted octanol–water partition coefficient (Wildman–Crippen LogP) is 3.43. The van der Waals surface area contributed by atoms with Gasteiger partial charge in [0.2, 0.25) is 0 Å². The van der Waals surface area contributed by atoms with Crippen molar-refractivity contribution in [3.05, 3.63) is 42.4 Å². The Balaban J connectivity index is 0.00000392. The maximum atomic E-state index is 11.9. The Labute approximate surface area is 184 Å². The summed E-state index contributed by atoms with van der Waals surface area (Å²) in [6.45, 7) is 8.71. The van der Waals surface area contributed by atoms with E-state index in [1.54, 1.807) is 0 Å². The van der Waals surface area contributed by atoms with Crippen LogP contribution in [-0.2, 0) is 16.1 Å². The number of halogens is 1. The van der Waals surface area contributed by atoms with Gasteiger partial charge in [0, 0.05) is 13.6 Å². The quantitative estimate of drug-likeness (QED) is 0.276. The van der Waals surface area contributed by atoms with Crippen LogP contribution in [0.2, 0.25) is 0 Å². The number of hydrogen-bond acceptors (Lipinski definition) is 4. The smallest absolute Gasteiger partial charge is 0.328 e. The minimum Gasteiger partial charge on any atom is -0.459 e. The normalized spacial score (nSPS) is 11.5. The first-order chi connectivity index (χ1) is 12.8. The fourth-order valence-corrected chi connectivity index (χ4v) is 2.49. The van der Waals surface area contributed by atoms with Gasteiger partial charge in [-0.2, -0.15) is 0 Å². The average molecular weight is 499 g/mol. The molecule has 2 aromatic rings. The van der Waals surface area contributed by atoms with Crippen LogP contribution in [0.4, 0.5) is 0 Å². The summed E-state index contributed by atoms with van der Waals surface area (Å²) in [4.78, 5) is 26.0. The summed E-state index contributed by atoms with van der Waals surface area (Å²) in [7, 11) is 1.90. The number of nitrogens with one attached hydrogen (secondary N) is 2. The maximum Gasteiger partial charge on any atom is 0.328 e. The minimum atomic E-state index is -0.515. The van der Waals surface area contributed by atoms with E-state index in [1.807, 2.05) is 76.2 Å². The molecule has 0 bridgehead atoms. The average Bonchev–Trinajstić information content (AvgIpc) is 3.06. The van der Waals surface area contributed by atoms with Crippen LogP contribution in [0.3, 0.4) is 0 Å². The fourth-order valence-electron chi connectivity index (χ4n) is 2.49. The highest BCUT2D eigenvalue weighted by Crippen LogP contribution is 2.16. The van der Waals surface area contributed by atoms with Crippen LogP contribution in [0.1, 0.15) is 33.5 Å². The molecule has 28 heavy (non-hydrogen) atoms. The van der Waals surface area contributed by atoms with Crippen molar-refractivity contribution in [2.24, 2.45) is 4.99 Å². The molecular weight excluding hydrogens is 469 g/mol. The molecule has 1 aromatic heterocycles. The van der Waals surface area contributed by atoms with Crippen LogP contribution in [0.15, 0.2) is 41.5 Å². The second-order valence-corrected chi connectivity index (χ2v) is 7.22. The number of nitrogens with zero attached hydrogens (tertiary/aromatic N) is 3. The molecule has 7 nitrogen and oxygen atoms in total. The van der Waals surface area contributed by atoms with E-state index in [4.69, 9.17) is 4.74 Å². The van der Waals surface area contributed by atoms with E-state index in [1.165, 1.54) is 0 Å². The number of imidazole rings is 1. The summed E-state index contributed by atoms with van der Waals surface area (Å²) in [5, 5.41) is 3.19. The molecule has 0 spiro atoms. The molecular formula is C20H30IN5O2. The molecule has 2 N–H and O–H groups in total. The van der Waals surface area contributed by atoms with Crippen molar-refractivity contribution in [1.82, 2.24) is 20.2 Å². The van der Waals surface area contributed by atoms with Gasteiger partial charge in [-0.15, -0.1) is 24.0 Å². The molecule has 0 saturated heterocycles. The highest BCUT2D eigenvalue weighted by atomic mass is 127. The summed E-state index contributed by atoms with van der Waals surface area (Å²) in [5.41, 5.74) is 1.54. The van der Waals surface area contributed by atoms with Crippen molar-refractivity contribution in [1.29, 1.82) is 0 Å². The summed E-state index contributed by atoms with van der Waals surface area (Å²) in [6.07, 6.45) is 1.82.